The molecule has 0 spiro atoms. The molecule has 0 aliphatic rings. The van der Waals surface area contributed by atoms with Crippen molar-refractivity contribution in [3.05, 3.63) is 65.5 Å². The Morgan fingerprint density at radius 3 is 2.63 bits per heavy atom. The van der Waals surface area contributed by atoms with Crippen LogP contribution in [0.5, 0.6) is 0 Å². The predicted octanol–water partition coefficient (Wildman–Crippen LogP) is 5.39. The lowest BCUT2D eigenvalue weighted by molar-refractivity contribution is -0.117. The Hall–Kier alpha value is -1.76. The van der Waals surface area contributed by atoms with Crippen LogP contribution in [0.2, 0.25) is 0 Å². The quantitative estimate of drug-likeness (QED) is 0.384. The lowest BCUT2D eigenvalue weighted by atomic mass is 10.1. The number of amides is 1. The third-order valence-corrected chi connectivity index (χ3v) is 6.67. The number of allylic oxidation sites excluding steroid dienone is 1. The number of thioether (sulfide) groups is 2. The molecule has 3 aromatic rings. The van der Waals surface area contributed by atoms with E-state index >= 15 is 0 Å². The first-order chi connectivity index (χ1) is 13.1. The van der Waals surface area contributed by atoms with Gasteiger partial charge in [-0.25, -0.2) is 0 Å². The molecule has 0 unspecified atom stereocenters. The lowest BCUT2D eigenvalue weighted by Crippen LogP contribution is -2.16. The Labute approximate surface area is 172 Å². The number of carbonyl (C=O) groups is 1. The van der Waals surface area contributed by atoms with Crippen LogP contribution in [-0.4, -0.2) is 22.5 Å². The molecular weight excluding hydrogens is 392 g/mol. The number of nitrogens with zero attached hydrogens (tertiary/aromatic N) is 2. The van der Waals surface area contributed by atoms with Gasteiger partial charge in [-0.15, -0.1) is 30.1 Å². The Morgan fingerprint density at radius 2 is 1.96 bits per heavy atom. The number of fused-ring (bicyclic) bond motifs is 1. The largest absolute Gasteiger partial charge is 0.313 e. The Morgan fingerprint density at radius 1 is 1.22 bits per heavy atom. The van der Waals surface area contributed by atoms with Crippen molar-refractivity contribution in [3.8, 4) is 0 Å². The second kappa shape index (κ2) is 9.44. The van der Waals surface area contributed by atoms with E-state index in [-0.39, 0.29) is 5.91 Å². The molecule has 2 aromatic carbocycles. The zero-order valence-corrected chi connectivity index (χ0v) is 17.9. The maximum absolute atomic E-state index is 12.5. The van der Waals surface area contributed by atoms with Crippen molar-refractivity contribution < 1.29 is 4.79 Å². The van der Waals surface area contributed by atoms with E-state index in [1.807, 2.05) is 18.2 Å². The third-order valence-electron chi connectivity index (χ3n) is 4.01. The molecule has 1 amide bonds. The van der Waals surface area contributed by atoms with Crippen LogP contribution in [0.4, 0.5) is 0 Å². The molecular formula is C21H22N2OS3. The number of hydrogen-bond donors (Lipinski definition) is 0. The van der Waals surface area contributed by atoms with Gasteiger partial charge in [-0.1, -0.05) is 36.5 Å². The monoisotopic (exact) mass is 414 g/mol. The Bertz CT molecular complexity index is 1020. The van der Waals surface area contributed by atoms with Crippen LogP contribution in [0.25, 0.3) is 10.2 Å². The third kappa shape index (κ3) is 4.94. The minimum absolute atomic E-state index is 0.125. The van der Waals surface area contributed by atoms with Crippen LogP contribution < -0.4 is 4.80 Å². The van der Waals surface area contributed by atoms with Crippen molar-refractivity contribution in [2.45, 2.75) is 29.7 Å². The molecule has 0 N–H and O–H groups in total. The minimum atomic E-state index is -0.125. The van der Waals surface area contributed by atoms with Crippen LogP contribution in [0.15, 0.2) is 69.9 Å². The summed E-state index contributed by atoms with van der Waals surface area (Å²) in [5.41, 5.74) is 2.08. The smallest absolute Gasteiger partial charge is 0.252 e. The summed E-state index contributed by atoms with van der Waals surface area (Å²) in [7, 11) is 0. The highest BCUT2D eigenvalue weighted by molar-refractivity contribution is 7.99. The maximum atomic E-state index is 12.5. The van der Waals surface area contributed by atoms with E-state index in [1.165, 1.54) is 9.79 Å². The van der Waals surface area contributed by atoms with E-state index in [9.17, 15) is 4.79 Å². The second-order valence-electron chi connectivity index (χ2n) is 5.88. The van der Waals surface area contributed by atoms with E-state index < -0.39 is 0 Å². The fourth-order valence-corrected chi connectivity index (χ4v) is 5.03. The summed E-state index contributed by atoms with van der Waals surface area (Å²) in [6.07, 6.45) is 4.21. The normalized spacial score (nSPS) is 11.9. The molecule has 0 saturated carbocycles. The highest BCUT2D eigenvalue weighted by atomic mass is 32.2. The molecule has 0 aliphatic carbocycles. The second-order valence-corrected chi connectivity index (χ2v) is 9.10. The van der Waals surface area contributed by atoms with Gasteiger partial charge in [-0.2, -0.15) is 4.99 Å². The number of aromatic nitrogens is 1. The highest BCUT2D eigenvalue weighted by Gasteiger charge is 2.09. The summed E-state index contributed by atoms with van der Waals surface area (Å²) < 4.78 is 3.19. The van der Waals surface area contributed by atoms with Crippen LogP contribution in [-0.2, 0) is 17.8 Å². The minimum Gasteiger partial charge on any atom is -0.313 e. The van der Waals surface area contributed by atoms with Gasteiger partial charge in [-0.05, 0) is 47.9 Å². The van der Waals surface area contributed by atoms with E-state index in [0.29, 0.717) is 13.0 Å². The molecule has 6 heteroatoms. The average molecular weight is 415 g/mol. The van der Waals surface area contributed by atoms with Gasteiger partial charge in [0.15, 0.2) is 4.80 Å². The molecule has 140 valence electrons. The van der Waals surface area contributed by atoms with Gasteiger partial charge in [0.05, 0.1) is 16.6 Å². The maximum Gasteiger partial charge on any atom is 0.252 e. The molecule has 3 nitrogen and oxygen atoms in total. The fraction of sp³-hybridized carbons (Fsp3) is 0.238. The summed E-state index contributed by atoms with van der Waals surface area (Å²) in [5, 5.41) is 0. The summed E-state index contributed by atoms with van der Waals surface area (Å²) >= 11 is 5.06. The zero-order valence-electron chi connectivity index (χ0n) is 15.5. The molecule has 3 rings (SSSR count). The fourth-order valence-electron chi connectivity index (χ4n) is 2.76. The standard InChI is InChI=1S/C21H22N2OS3/c1-4-12-23-18-11-10-17(25-3)14-19(18)27-21(23)22-20(24)13-15-6-8-16(9-7-15)26-5-2/h4,6-11,14H,1,5,12-13H2,2-3H3. The van der Waals surface area contributed by atoms with Gasteiger partial charge in [0, 0.05) is 16.3 Å². The average Bonchev–Trinajstić information content (AvgIpc) is 3.00. The first-order valence-electron chi connectivity index (χ1n) is 8.72. The van der Waals surface area contributed by atoms with Crippen molar-refractivity contribution in [3.63, 3.8) is 0 Å². The van der Waals surface area contributed by atoms with Crippen molar-refractivity contribution in [2.24, 2.45) is 4.99 Å². The molecule has 1 aromatic heterocycles. The van der Waals surface area contributed by atoms with Gasteiger partial charge in [-0.3, -0.25) is 4.79 Å². The van der Waals surface area contributed by atoms with Gasteiger partial charge in [0.25, 0.3) is 5.91 Å². The molecule has 0 atom stereocenters. The molecule has 0 aliphatic heterocycles. The van der Waals surface area contributed by atoms with Gasteiger partial charge in [0.1, 0.15) is 0 Å². The first kappa shape index (κ1) is 20.0. The highest BCUT2D eigenvalue weighted by Crippen LogP contribution is 2.24. The molecule has 1 heterocycles. The van der Waals surface area contributed by atoms with Gasteiger partial charge >= 0.3 is 0 Å². The van der Waals surface area contributed by atoms with Gasteiger partial charge in [0.2, 0.25) is 0 Å². The van der Waals surface area contributed by atoms with Gasteiger partial charge < -0.3 is 4.57 Å². The number of carbonyl (C=O) groups excluding carboxylic acids is 1. The number of hydrogen-bond acceptors (Lipinski definition) is 4. The van der Waals surface area contributed by atoms with E-state index in [0.717, 1.165) is 26.3 Å². The van der Waals surface area contributed by atoms with Crippen LogP contribution in [0.3, 0.4) is 0 Å². The van der Waals surface area contributed by atoms with E-state index in [2.05, 4.69) is 59.6 Å². The number of rotatable bonds is 7. The van der Waals surface area contributed by atoms with Crippen molar-refractivity contribution >= 4 is 51.0 Å². The van der Waals surface area contributed by atoms with Crippen molar-refractivity contribution in [1.82, 2.24) is 4.57 Å². The number of thiazole rings is 1. The zero-order chi connectivity index (χ0) is 19.2. The Kier molecular flexibility index (Phi) is 6.99. The SMILES string of the molecule is C=CCn1c(=NC(=O)Cc2ccc(SCC)cc2)sc2cc(SC)ccc21. The van der Waals surface area contributed by atoms with Crippen LogP contribution >= 0.6 is 34.9 Å². The molecule has 0 fully saturated rings. The predicted molar refractivity (Wildman–Crippen MR) is 119 cm³/mol. The Balaban J connectivity index is 1.90. The van der Waals surface area contributed by atoms with Crippen molar-refractivity contribution in [1.29, 1.82) is 0 Å². The summed E-state index contributed by atoms with van der Waals surface area (Å²) in [6, 6.07) is 14.5. The summed E-state index contributed by atoms with van der Waals surface area (Å²) in [6.45, 7) is 6.60. The lowest BCUT2D eigenvalue weighted by Gasteiger charge is -2.02. The number of benzene rings is 2. The summed E-state index contributed by atoms with van der Waals surface area (Å²) in [4.78, 5) is 20.1. The molecule has 0 radical (unpaired) electrons. The molecule has 0 bridgehead atoms. The molecule has 27 heavy (non-hydrogen) atoms. The van der Waals surface area contributed by atoms with Crippen molar-refractivity contribution in [2.75, 3.05) is 12.0 Å². The topological polar surface area (TPSA) is 34.4 Å². The van der Waals surface area contributed by atoms with E-state index in [1.54, 1.807) is 34.9 Å². The van der Waals surface area contributed by atoms with Crippen LogP contribution in [0.1, 0.15) is 12.5 Å². The molecule has 0 saturated heterocycles. The summed E-state index contributed by atoms with van der Waals surface area (Å²) in [5.74, 6) is 0.918. The first-order valence-corrected chi connectivity index (χ1v) is 11.7. The van der Waals surface area contributed by atoms with Crippen LogP contribution in [0, 0.1) is 0 Å². The van der Waals surface area contributed by atoms with E-state index in [4.69, 9.17) is 0 Å².